The van der Waals surface area contributed by atoms with Gasteiger partial charge in [-0.2, -0.15) is 0 Å². The number of amides is 2. The van der Waals surface area contributed by atoms with Crippen molar-refractivity contribution in [3.8, 4) is 0 Å². The van der Waals surface area contributed by atoms with Crippen LogP contribution in [0.1, 0.15) is 64.3 Å². The molecule has 1 aromatic heterocycles. The molecular formula is C25H30N2O5. The molecule has 2 aromatic rings. The maximum Gasteiger partial charge on any atom is 0.341 e. The minimum atomic E-state index is -0.489. The number of nitrogens with zero attached hydrogens (tertiary/aromatic N) is 2. The molecule has 2 amide bonds. The summed E-state index contributed by atoms with van der Waals surface area (Å²) in [4.78, 5) is 42.3. The van der Waals surface area contributed by atoms with Crippen LogP contribution in [0.4, 0.5) is 0 Å². The van der Waals surface area contributed by atoms with Gasteiger partial charge in [-0.05, 0) is 50.3 Å². The summed E-state index contributed by atoms with van der Waals surface area (Å²) in [5.41, 5.74) is 0.972. The zero-order valence-corrected chi connectivity index (χ0v) is 18.9. The number of carbonyl (C=O) groups is 3. The fourth-order valence-corrected chi connectivity index (χ4v) is 5.20. The van der Waals surface area contributed by atoms with Crippen LogP contribution >= 0.6 is 0 Å². The molecule has 2 fully saturated rings. The molecular weight excluding hydrogens is 408 g/mol. The van der Waals surface area contributed by atoms with Crippen molar-refractivity contribution < 1.29 is 23.5 Å². The van der Waals surface area contributed by atoms with Gasteiger partial charge in [0.1, 0.15) is 23.1 Å². The zero-order valence-electron chi connectivity index (χ0n) is 18.9. The summed E-state index contributed by atoms with van der Waals surface area (Å²) in [6.07, 6.45) is 4.91. The molecule has 1 saturated heterocycles. The second-order valence-corrected chi connectivity index (χ2v) is 8.81. The van der Waals surface area contributed by atoms with Crippen LogP contribution < -0.4 is 0 Å². The fourth-order valence-electron chi connectivity index (χ4n) is 5.20. The van der Waals surface area contributed by atoms with E-state index in [1.807, 2.05) is 35.2 Å². The van der Waals surface area contributed by atoms with Crippen molar-refractivity contribution in [3.63, 3.8) is 0 Å². The summed E-state index contributed by atoms with van der Waals surface area (Å²) in [6.45, 7) is 1.91. The number of hydrogen-bond acceptors (Lipinski definition) is 5. The van der Waals surface area contributed by atoms with Crippen LogP contribution in [-0.2, 0) is 16.1 Å². The molecule has 0 radical (unpaired) electrons. The van der Waals surface area contributed by atoms with E-state index in [1.165, 1.54) is 7.11 Å². The first-order chi connectivity index (χ1) is 15.4. The summed E-state index contributed by atoms with van der Waals surface area (Å²) in [7, 11) is 3.03. The van der Waals surface area contributed by atoms with Gasteiger partial charge in [-0.1, -0.05) is 31.0 Å². The van der Waals surface area contributed by atoms with Gasteiger partial charge in [0.25, 0.3) is 5.91 Å². The van der Waals surface area contributed by atoms with Crippen molar-refractivity contribution in [1.82, 2.24) is 9.80 Å². The minimum absolute atomic E-state index is 0.0754. The second-order valence-electron chi connectivity index (χ2n) is 8.81. The Morgan fingerprint density at radius 3 is 2.59 bits per heavy atom. The molecule has 0 spiro atoms. The molecule has 4 rings (SSSR count). The Kier molecular flexibility index (Phi) is 6.35. The maximum atomic E-state index is 13.5. The lowest BCUT2D eigenvalue weighted by Gasteiger charge is -2.34. The van der Waals surface area contributed by atoms with Gasteiger partial charge in [0, 0.05) is 18.7 Å². The predicted molar refractivity (Wildman–Crippen MR) is 118 cm³/mol. The predicted octanol–water partition coefficient (Wildman–Crippen LogP) is 3.81. The minimum Gasteiger partial charge on any atom is -0.465 e. The third-order valence-electron chi connectivity index (χ3n) is 6.77. The Morgan fingerprint density at radius 2 is 1.88 bits per heavy atom. The standard InChI is InChI=1S/C25H30N2O5/c1-16-20(25(30)31-3)14-19(32-16)15-26(2)24(29)22-13-18-11-7-8-12-21(18)27(22)23(28)17-9-5-4-6-10-17/h4-6,9-10,14,18,21-22H,7-8,11-13,15H2,1-3H3. The summed E-state index contributed by atoms with van der Waals surface area (Å²) in [6, 6.07) is 10.4. The molecule has 7 nitrogen and oxygen atoms in total. The molecule has 1 aliphatic heterocycles. The van der Waals surface area contributed by atoms with Crippen molar-refractivity contribution >= 4 is 17.8 Å². The molecule has 1 aromatic carbocycles. The van der Waals surface area contributed by atoms with Crippen LogP contribution in [0.15, 0.2) is 40.8 Å². The summed E-state index contributed by atoms with van der Waals surface area (Å²) < 4.78 is 10.5. The monoisotopic (exact) mass is 438 g/mol. The topological polar surface area (TPSA) is 80.1 Å². The number of methoxy groups -OCH3 is 1. The van der Waals surface area contributed by atoms with E-state index in [9.17, 15) is 14.4 Å². The van der Waals surface area contributed by atoms with Crippen LogP contribution in [0, 0.1) is 12.8 Å². The van der Waals surface area contributed by atoms with Gasteiger partial charge in [-0.15, -0.1) is 0 Å². The number of carbonyl (C=O) groups excluding carboxylic acids is 3. The van der Waals surface area contributed by atoms with Crippen LogP contribution in [-0.4, -0.2) is 53.8 Å². The number of rotatable bonds is 5. The van der Waals surface area contributed by atoms with Crippen LogP contribution in [0.5, 0.6) is 0 Å². The number of esters is 1. The van der Waals surface area contributed by atoms with E-state index in [2.05, 4.69) is 0 Å². The Balaban J connectivity index is 1.55. The number of benzene rings is 1. The summed E-state index contributed by atoms with van der Waals surface area (Å²) >= 11 is 0. The van der Waals surface area contributed by atoms with Gasteiger partial charge in [0.15, 0.2) is 0 Å². The highest BCUT2D eigenvalue weighted by atomic mass is 16.5. The lowest BCUT2D eigenvalue weighted by atomic mass is 9.84. The third-order valence-corrected chi connectivity index (χ3v) is 6.77. The van der Waals surface area contributed by atoms with Crippen molar-refractivity contribution in [2.45, 2.75) is 57.7 Å². The highest BCUT2D eigenvalue weighted by molar-refractivity contribution is 5.98. The number of aryl methyl sites for hydroxylation is 1. The van der Waals surface area contributed by atoms with Gasteiger partial charge >= 0.3 is 5.97 Å². The van der Waals surface area contributed by atoms with Gasteiger partial charge in [-0.3, -0.25) is 9.59 Å². The second kappa shape index (κ2) is 9.18. The molecule has 2 heterocycles. The first-order valence-electron chi connectivity index (χ1n) is 11.2. The van der Waals surface area contributed by atoms with Crippen LogP contribution in [0.2, 0.25) is 0 Å². The highest BCUT2D eigenvalue weighted by Gasteiger charge is 2.48. The van der Waals surface area contributed by atoms with E-state index in [1.54, 1.807) is 24.9 Å². The first-order valence-corrected chi connectivity index (χ1v) is 11.2. The molecule has 3 unspecified atom stereocenters. The van der Waals surface area contributed by atoms with Gasteiger partial charge in [-0.25, -0.2) is 4.79 Å². The fraction of sp³-hybridized carbons (Fsp3) is 0.480. The maximum absolute atomic E-state index is 13.5. The normalized spacial score (nSPS) is 22.3. The number of likely N-dealkylation sites (N-methyl/N-ethyl adjacent to an activating group) is 1. The number of furan rings is 1. The smallest absolute Gasteiger partial charge is 0.341 e. The Morgan fingerprint density at radius 1 is 1.16 bits per heavy atom. The Hall–Kier alpha value is -3.09. The SMILES string of the molecule is COC(=O)c1cc(CN(C)C(=O)C2CC3CCCCC3N2C(=O)c2ccccc2)oc1C. The molecule has 1 aliphatic carbocycles. The van der Waals surface area contributed by atoms with Crippen molar-refractivity contribution in [2.75, 3.05) is 14.2 Å². The van der Waals surface area contributed by atoms with Crippen molar-refractivity contribution in [1.29, 1.82) is 0 Å². The average Bonchev–Trinajstić information content (AvgIpc) is 3.38. The lowest BCUT2D eigenvalue weighted by Crippen LogP contribution is -2.49. The summed E-state index contributed by atoms with van der Waals surface area (Å²) in [5.74, 6) is 0.683. The first kappa shape index (κ1) is 22.1. The molecule has 170 valence electrons. The number of likely N-dealkylation sites (tertiary alicyclic amines) is 1. The van der Waals surface area contributed by atoms with Gasteiger partial charge in [0.05, 0.1) is 13.7 Å². The van der Waals surface area contributed by atoms with Gasteiger partial charge < -0.3 is 19.0 Å². The van der Waals surface area contributed by atoms with Crippen molar-refractivity contribution in [3.05, 3.63) is 59.0 Å². The highest BCUT2D eigenvalue weighted by Crippen LogP contribution is 2.41. The van der Waals surface area contributed by atoms with E-state index >= 15 is 0 Å². The molecule has 0 N–H and O–H groups in total. The van der Waals surface area contributed by atoms with E-state index in [0.717, 1.165) is 25.7 Å². The molecule has 3 atom stereocenters. The van der Waals surface area contributed by atoms with E-state index in [-0.39, 0.29) is 24.4 Å². The quantitative estimate of drug-likeness (QED) is 0.664. The van der Waals surface area contributed by atoms with E-state index in [0.29, 0.717) is 35.0 Å². The van der Waals surface area contributed by atoms with Crippen LogP contribution in [0.25, 0.3) is 0 Å². The summed E-state index contributed by atoms with van der Waals surface area (Å²) in [5, 5.41) is 0. The average molecular weight is 439 g/mol. The molecule has 0 bridgehead atoms. The number of ether oxygens (including phenoxy) is 1. The van der Waals surface area contributed by atoms with E-state index < -0.39 is 12.0 Å². The van der Waals surface area contributed by atoms with Crippen LogP contribution in [0.3, 0.4) is 0 Å². The molecule has 2 aliphatic rings. The zero-order chi connectivity index (χ0) is 22.8. The Bertz CT molecular complexity index is 999. The number of hydrogen-bond donors (Lipinski definition) is 0. The lowest BCUT2D eigenvalue weighted by molar-refractivity contribution is -0.135. The largest absolute Gasteiger partial charge is 0.465 e. The molecule has 1 saturated carbocycles. The third kappa shape index (κ3) is 4.16. The molecule has 32 heavy (non-hydrogen) atoms. The molecule has 7 heteroatoms. The van der Waals surface area contributed by atoms with E-state index in [4.69, 9.17) is 9.15 Å². The van der Waals surface area contributed by atoms with Gasteiger partial charge in [0.2, 0.25) is 5.91 Å². The van der Waals surface area contributed by atoms with Crippen molar-refractivity contribution in [2.24, 2.45) is 5.92 Å². The number of fused-ring (bicyclic) bond motifs is 1. The Labute approximate surface area is 188 Å².